The molecule has 6 aromatic heterocycles. The van der Waals surface area contributed by atoms with E-state index in [4.69, 9.17) is 16.5 Å². The van der Waals surface area contributed by atoms with E-state index in [2.05, 4.69) is 395 Å². The van der Waals surface area contributed by atoms with Gasteiger partial charge in [0.05, 0.1) is 16.8 Å². The zero-order valence-electron chi connectivity index (χ0n) is 82.2. The largest absolute Gasteiger partial charge is 1.20 e. The SMILES string of the molecule is C.CC(=O)C=C(C)O.CC1(C)c2ccccc2-c2ccc(N(c3ccc(-c4ccccc4)cc3)c3ccc(-c4ccc5c(c4)c4ccccc4n5-c4ccccc4)cc3)cc21.P.[HH].[Ir].[c-]1ccccc1-c1cc2ccccc2cn1.c1cc(-c2ccc3c4ccccc4c4ccccc4c3c2)cc(-c2cccc3c2sc2ccccc23)c1.c1cnc2c([O][Al]([O]c3cccc4cccnc34)[O]c3cccc4cccnc34)cccc2c1. The van der Waals surface area contributed by atoms with E-state index in [9.17, 15) is 4.79 Å². The summed E-state index contributed by atoms with van der Waals surface area (Å²) in [5.41, 5.74) is 26.5. The minimum absolute atomic E-state index is 0. The maximum absolute atomic E-state index is 10.0. The van der Waals surface area contributed by atoms with Crippen LogP contribution in [-0.2, 0) is 30.3 Å². The summed E-state index contributed by atoms with van der Waals surface area (Å²) in [5, 5.41) is 26.7. The van der Waals surface area contributed by atoms with Gasteiger partial charge in [-0.25, -0.2) is 0 Å². The van der Waals surface area contributed by atoms with Crippen LogP contribution in [0.1, 0.15) is 47.7 Å². The van der Waals surface area contributed by atoms with Crippen LogP contribution in [0.4, 0.5) is 17.1 Å². The Morgan fingerprint density at radius 1 is 0.360 bits per heavy atom. The van der Waals surface area contributed by atoms with Gasteiger partial charge in [-0.05, 0) is 251 Å². The van der Waals surface area contributed by atoms with E-state index in [0.29, 0.717) is 17.2 Å². The molecule has 0 fully saturated rings. The summed E-state index contributed by atoms with van der Waals surface area (Å²) in [6, 6.07) is 170. The number of carbonyl (C=O) groups is 1. The van der Waals surface area contributed by atoms with Gasteiger partial charge in [-0.15, -0.1) is 47.2 Å². The molecule has 0 saturated carbocycles. The number of thiophene rings is 1. The Hall–Kier alpha value is -17.1. The maximum atomic E-state index is 10.0. The number of carbonyl (C=O) groups excluding carboxylic acids is 1. The van der Waals surface area contributed by atoms with E-state index >= 15 is 0 Å². The zero-order valence-corrected chi connectivity index (χ0v) is 88.0. The smallest absolute Gasteiger partial charge is 0.576 e. The molecule has 6 heterocycles. The van der Waals surface area contributed by atoms with Crippen LogP contribution in [-0.4, -0.2) is 50.5 Å². The van der Waals surface area contributed by atoms with Crippen molar-refractivity contribution in [2.75, 3.05) is 4.90 Å². The van der Waals surface area contributed by atoms with Gasteiger partial charge < -0.3 is 30.9 Å². The molecule has 1 aliphatic rings. The van der Waals surface area contributed by atoms with Crippen molar-refractivity contribution in [2.24, 2.45) is 0 Å². The van der Waals surface area contributed by atoms with Gasteiger partial charge in [0.25, 0.3) is 0 Å². The van der Waals surface area contributed by atoms with Crippen molar-refractivity contribution in [1.82, 2.24) is 24.5 Å². The molecule has 1 aliphatic carbocycles. The van der Waals surface area contributed by atoms with Crippen LogP contribution in [0.3, 0.4) is 0 Å². The van der Waals surface area contributed by atoms with Gasteiger partial charge in [0.2, 0.25) is 0 Å². The number of nitrogens with zero attached hydrogens (tertiary/aromatic N) is 6. The fourth-order valence-electron chi connectivity index (χ4n) is 20.4. The number of aliphatic hydroxyl groups is 1. The number of para-hydroxylation sites is 5. The molecule has 150 heavy (non-hydrogen) atoms. The molecule has 729 valence electrons. The zero-order chi connectivity index (χ0) is 99.3. The molecule has 11 nitrogen and oxygen atoms in total. The molecular formula is C135H105AlIrN6O5PS-. The predicted molar refractivity (Wildman–Crippen MR) is 633 cm³/mol. The third-order valence-electron chi connectivity index (χ3n) is 27.3. The number of benzene rings is 20. The Balaban J connectivity index is 0.000000129. The normalized spacial score (nSPS) is 11.6. The Morgan fingerprint density at radius 2 is 0.793 bits per heavy atom. The Bertz CT molecular complexity index is 9250. The Labute approximate surface area is 899 Å². The van der Waals surface area contributed by atoms with Gasteiger partial charge in [0, 0.05) is 128 Å². The van der Waals surface area contributed by atoms with Crippen molar-refractivity contribution in [3.05, 3.63) is 527 Å². The van der Waals surface area contributed by atoms with E-state index in [-0.39, 0.29) is 55.8 Å². The molecule has 20 aromatic carbocycles. The van der Waals surface area contributed by atoms with Gasteiger partial charge in [0.1, 0.15) is 33.8 Å². The van der Waals surface area contributed by atoms with Crippen LogP contribution < -0.4 is 16.3 Å². The number of rotatable bonds is 16. The summed E-state index contributed by atoms with van der Waals surface area (Å²) in [6.07, 6.45) is 8.32. The number of fused-ring (bicyclic) bond motifs is 19. The van der Waals surface area contributed by atoms with Crippen LogP contribution >= 0.6 is 21.2 Å². The summed E-state index contributed by atoms with van der Waals surface area (Å²) in [6.45, 7) is 7.55. The minimum Gasteiger partial charge on any atom is -0.576 e. The van der Waals surface area contributed by atoms with E-state index in [1.807, 2.05) is 145 Å². The van der Waals surface area contributed by atoms with Crippen molar-refractivity contribution in [3.63, 3.8) is 0 Å². The van der Waals surface area contributed by atoms with Crippen LogP contribution in [0.25, 0.3) is 190 Å². The first kappa shape index (κ1) is 100. The van der Waals surface area contributed by atoms with Crippen LogP contribution in [0.15, 0.2) is 510 Å². The van der Waals surface area contributed by atoms with Gasteiger partial charge in [0.15, 0.2) is 5.78 Å². The third kappa shape index (κ3) is 20.5. The first-order valence-corrected chi connectivity index (χ1v) is 51.5. The monoisotopic (exact) mass is 2170 g/mol. The molecule has 15 heteroatoms. The minimum atomic E-state index is -2.86. The van der Waals surface area contributed by atoms with E-state index in [1.54, 1.807) is 18.6 Å². The number of hydrogen-bond acceptors (Lipinski definition) is 11. The second kappa shape index (κ2) is 44.7. The van der Waals surface area contributed by atoms with E-state index in [1.165, 1.54) is 177 Å². The number of aliphatic hydroxyl groups excluding tert-OH is 1. The number of aromatic nitrogens is 5. The molecule has 1 radical (unpaired) electrons. The van der Waals surface area contributed by atoms with Gasteiger partial charge in [-0.2, -0.15) is 9.90 Å². The molecule has 1 atom stereocenters. The second-order valence-electron chi connectivity index (χ2n) is 37.1. The first-order chi connectivity index (χ1) is 72.3. The summed E-state index contributed by atoms with van der Waals surface area (Å²) in [4.78, 5) is 30.4. The summed E-state index contributed by atoms with van der Waals surface area (Å²) in [7, 11) is 0. The van der Waals surface area contributed by atoms with Crippen LogP contribution in [0, 0.1) is 6.07 Å². The first-order valence-electron chi connectivity index (χ1n) is 49.3. The standard InChI is InChI=1S/C51H38N2.C36H22S.C15H10N.3C9H7NO.C5H8O2.CH4.Al.Ir.H3P.H2/c1-51(2)47-19-11-9-17-43(47)44-31-30-42(34-48(44)51)52(40-26-21-36(22-27-40)35-13-5-3-6-14-35)41-28-23-37(24-29-41)38-25-32-50-46(33-38)45-18-10-12-20-49(45)53(50)39-15-7-4-8-16-39;1-2-13-29-27(11-1)28-12-3-4-14-30(28)34-22-24(19-20-31(29)34)23-9-7-10-25(21-23)26-16-8-17-33-32-15-5-6-18-35(32)37-36(26)33;1-2-6-12(7-3-1)15-10-13-8-4-5-9-14(13)11-16-15;3*11-8-5-1-3-7-4-2-6-10-9(7)8;1-4(6)3-5(2)7;;;;;/h3-34H,1-2H3;1-22H;1-6,8-11H;3*1-6,11H;3,6H,1-2H3;1H4;;;1H3;1H/q;;-1;;;;;;+3;;;/p-3. The molecule has 26 aromatic rings. The Kier molecular flexibility index (Phi) is 29.8. The van der Waals surface area contributed by atoms with Crippen molar-refractivity contribution >= 4 is 177 Å². The third-order valence-corrected chi connectivity index (χ3v) is 29.9. The molecule has 0 aliphatic heterocycles. The molecule has 0 spiro atoms. The fraction of sp³-hybridized carbons (Fsp3) is 0.0444. The molecule has 1 unspecified atom stereocenters. The van der Waals surface area contributed by atoms with Crippen LogP contribution in [0.5, 0.6) is 17.2 Å². The topological polar surface area (TPSA) is 125 Å². The van der Waals surface area contributed by atoms with Gasteiger partial charge >= 0.3 is 15.1 Å². The van der Waals surface area contributed by atoms with Crippen LogP contribution in [0.2, 0.25) is 0 Å². The number of pyridine rings is 4. The Morgan fingerprint density at radius 3 is 1.40 bits per heavy atom. The average molecular weight is 2170 g/mol. The van der Waals surface area contributed by atoms with E-state index in [0.717, 1.165) is 61.0 Å². The average Bonchev–Trinajstić information content (AvgIpc) is 1.61. The molecule has 0 amide bonds. The van der Waals surface area contributed by atoms with Crippen molar-refractivity contribution < 1.29 is 42.8 Å². The van der Waals surface area contributed by atoms with Crippen molar-refractivity contribution in [3.8, 4) is 89.8 Å². The van der Waals surface area contributed by atoms with Crippen molar-refractivity contribution in [1.29, 1.82) is 0 Å². The maximum Gasteiger partial charge on any atom is 1.20 e. The summed E-state index contributed by atoms with van der Waals surface area (Å²) in [5.74, 6) is 1.76. The number of anilines is 3. The molecular weight excluding hydrogens is 2070 g/mol. The quantitative estimate of drug-likeness (QED) is 0.0250. The number of allylic oxidation sites excluding steroid dienone is 2. The van der Waals surface area contributed by atoms with Gasteiger partial charge in [-0.3, -0.25) is 19.7 Å². The van der Waals surface area contributed by atoms with Crippen molar-refractivity contribution in [2.45, 2.75) is 40.5 Å². The number of hydrogen-bond donors (Lipinski definition) is 1. The molecule has 27 rings (SSSR count). The fourth-order valence-corrected chi connectivity index (χ4v) is 23.0. The number of ketones is 1. The molecule has 0 saturated heterocycles. The van der Waals surface area contributed by atoms with Gasteiger partial charge in [-0.1, -0.05) is 349 Å². The second-order valence-corrected chi connectivity index (χ2v) is 39.4. The predicted octanol–water partition coefficient (Wildman–Crippen LogP) is 36.3. The van der Waals surface area contributed by atoms with E-state index < -0.39 is 15.1 Å². The molecule has 1 N–H and O–H groups in total. The summed E-state index contributed by atoms with van der Waals surface area (Å²) < 4.78 is 24.3. The summed E-state index contributed by atoms with van der Waals surface area (Å²) >= 11 is -0.967. The molecule has 0 bridgehead atoms.